The van der Waals surface area contributed by atoms with Gasteiger partial charge in [0.25, 0.3) is 5.91 Å². The molecule has 0 spiro atoms. The number of phenolic OH excluding ortho intramolecular Hbond substituents is 1. The first-order chi connectivity index (χ1) is 14.8. The molecule has 8 heteroatoms. The fourth-order valence-corrected chi connectivity index (χ4v) is 3.95. The normalized spacial score (nSPS) is 11.7. The molecule has 0 aliphatic carbocycles. The Kier molecular flexibility index (Phi) is 6.71. The van der Waals surface area contributed by atoms with Crippen LogP contribution in [0.3, 0.4) is 0 Å². The van der Waals surface area contributed by atoms with Crippen LogP contribution in [-0.2, 0) is 16.6 Å². The number of hydrogen-bond acceptors (Lipinski definition) is 5. The summed E-state index contributed by atoms with van der Waals surface area (Å²) in [6.07, 6.45) is 1.10. The van der Waals surface area contributed by atoms with Crippen molar-refractivity contribution < 1.29 is 18.3 Å². The molecule has 0 saturated carbocycles. The van der Waals surface area contributed by atoms with E-state index in [2.05, 4.69) is 10.5 Å². The molecule has 7 nitrogen and oxygen atoms in total. The van der Waals surface area contributed by atoms with E-state index < -0.39 is 15.9 Å². The van der Waals surface area contributed by atoms with Gasteiger partial charge in [0, 0.05) is 5.56 Å². The van der Waals surface area contributed by atoms with Crippen LogP contribution in [0, 0.1) is 0 Å². The maximum absolute atomic E-state index is 12.9. The largest absolute Gasteiger partial charge is 0.507 e. The molecule has 0 aliphatic heterocycles. The number of anilines is 1. The summed E-state index contributed by atoms with van der Waals surface area (Å²) in [5, 5.41) is 14.0. The van der Waals surface area contributed by atoms with E-state index in [1.54, 1.807) is 49.4 Å². The molecular weight excluding hydrogens is 414 g/mol. The zero-order chi connectivity index (χ0) is 22.4. The van der Waals surface area contributed by atoms with Crippen molar-refractivity contribution in [3.05, 3.63) is 95.6 Å². The fourth-order valence-electron chi connectivity index (χ4n) is 3.05. The maximum Gasteiger partial charge on any atom is 0.273 e. The smallest absolute Gasteiger partial charge is 0.273 e. The summed E-state index contributed by atoms with van der Waals surface area (Å²) < 4.78 is 26.3. The Morgan fingerprint density at radius 1 is 0.935 bits per heavy atom. The highest BCUT2D eigenvalue weighted by Gasteiger charge is 2.23. The number of rotatable bonds is 7. The predicted octanol–water partition coefficient (Wildman–Crippen LogP) is 3.51. The number of hydrogen-bond donors (Lipinski definition) is 2. The van der Waals surface area contributed by atoms with Crippen molar-refractivity contribution in [3.8, 4) is 5.75 Å². The molecule has 0 bridgehead atoms. The molecule has 0 heterocycles. The summed E-state index contributed by atoms with van der Waals surface area (Å²) in [6, 6.07) is 22.2. The Hall–Kier alpha value is -3.65. The second-order valence-electron chi connectivity index (χ2n) is 6.93. The minimum Gasteiger partial charge on any atom is -0.507 e. The summed E-state index contributed by atoms with van der Waals surface area (Å²) in [5.74, 6) is -0.517. The minimum atomic E-state index is -3.67. The molecule has 160 valence electrons. The van der Waals surface area contributed by atoms with Gasteiger partial charge < -0.3 is 5.11 Å². The van der Waals surface area contributed by atoms with Gasteiger partial charge in [-0.05, 0) is 36.8 Å². The lowest BCUT2D eigenvalue weighted by Gasteiger charge is -2.24. The van der Waals surface area contributed by atoms with E-state index in [0.29, 0.717) is 11.3 Å². The Balaban J connectivity index is 1.91. The van der Waals surface area contributed by atoms with Gasteiger partial charge in [-0.3, -0.25) is 9.10 Å². The molecule has 0 radical (unpaired) electrons. The molecule has 0 saturated heterocycles. The number of nitrogens with zero attached hydrogens (tertiary/aromatic N) is 2. The molecule has 3 aromatic rings. The molecule has 1 amide bonds. The number of carbonyl (C=O) groups is 1. The highest BCUT2D eigenvalue weighted by molar-refractivity contribution is 7.92. The molecular formula is C23H23N3O4S. The summed E-state index contributed by atoms with van der Waals surface area (Å²) in [5.41, 5.74) is 4.55. The monoisotopic (exact) mass is 437 g/mol. The average Bonchev–Trinajstić information content (AvgIpc) is 2.76. The minimum absolute atomic E-state index is 0.0458. The van der Waals surface area contributed by atoms with E-state index in [1.165, 1.54) is 10.4 Å². The van der Waals surface area contributed by atoms with Gasteiger partial charge in [0.05, 0.1) is 29.8 Å². The second kappa shape index (κ2) is 9.44. The quantitative estimate of drug-likeness (QED) is 0.436. The van der Waals surface area contributed by atoms with Gasteiger partial charge in [-0.2, -0.15) is 5.10 Å². The summed E-state index contributed by atoms with van der Waals surface area (Å²) in [4.78, 5) is 12.9. The van der Waals surface area contributed by atoms with Crippen LogP contribution < -0.4 is 9.73 Å². The van der Waals surface area contributed by atoms with Crippen LogP contribution in [0.1, 0.15) is 28.4 Å². The lowest BCUT2D eigenvalue weighted by Crippen LogP contribution is -2.32. The lowest BCUT2D eigenvalue weighted by molar-refractivity contribution is 0.0955. The first-order valence-electron chi connectivity index (χ1n) is 9.51. The zero-order valence-electron chi connectivity index (χ0n) is 17.2. The van der Waals surface area contributed by atoms with Gasteiger partial charge in [-0.15, -0.1) is 0 Å². The number of amides is 1. The van der Waals surface area contributed by atoms with Crippen molar-refractivity contribution in [2.45, 2.75) is 13.5 Å². The molecule has 0 aliphatic rings. The number of phenols is 1. The number of hydrazone groups is 1. The SMILES string of the molecule is CC(=NNC(=O)c1ccccc1N(Cc1ccccc1)S(C)(=O)=O)c1ccccc1O. The van der Waals surface area contributed by atoms with E-state index in [9.17, 15) is 18.3 Å². The highest BCUT2D eigenvalue weighted by atomic mass is 32.2. The van der Waals surface area contributed by atoms with Crippen LogP contribution in [0.2, 0.25) is 0 Å². The second-order valence-corrected chi connectivity index (χ2v) is 8.83. The van der Waals surface area contributed by atoms with Crippen LogP contribution >= 0.6 is 0 Å². The molecule has 3 aromatic carbocycles. The first kappa shape index (κ1) is 22.0. The van der Waals surface area contributed by atoms with Gasteiger partial charge in [0.1, 0.15) is 5.75 Å². The molecule has 0 fully saturated rings. The lowest BCUT2D eigenvalue weighted by atomic mass is 10.1. The van der Waals surface area contributed by atoms with Gasteiger partial charge in [0.2, 0.25) is 10.0 Å². The van der Waals surface area contributed by atoms with E-state index in [-0.39, 0.29) is 23.5 Å². The third kappa shape index (κ3) is 5.49. The van der Waals surface area contributed by atoms with Crippen molar-refractivity contribution in [3.63, 3.8) is 0 Å². The topological polar surface area (TPSA) is 99.1 Å². The molecule has 3 rings (SSSR count). The number of sulfonamides is 1. The molecule has 31 heavy (non-hydrogen) atoms. The Bertz CT molecular complexity index is 1210. The van der Waals surface area contributed by atoms with Crippen LogP contribution in [-0.4, -0.2) is 31.4 Å². The third-order valence-electron chi connectivity index (χ3n) is 4.61. The van der Waals surface area contributed by atoms with Crippen molar-refractivity contribution >= 4 is 27.3 Å². The Morgan fingerprint density at radius 3 is 2.16 bits per heavy atom. The standard InChI is InChI=1S/C23H23N3O4S/c1-17(19-12-7-9-15-22(19)27)24-25-23(28)20-13-6-8-14-21(20)26(31(2,29)30)16-18-10-4-3-5-11-18/h3-15,27H,16H2,1-2H3,(H,25,28). The van der Waals surface area contributed by atoms with Crippen LogP contribution in [0.25, 0.3) is 0 Å². The number of nitrogens with one attached hydrogen (secondary N) is 1. The molecule has 0 atom stereocenters. The van der Waals surface area contributed by atoms with E-state index in [0.717, 1.165) is 11.8 Å². The van der Waals surface area contributed by atoms with Crippen LogP contribution in [0.4, 0.5) is 5.69 Å². The molecule has 0 unspecified atom stereocenters. The van der Waals surface area contributed by atoms with Gasteiger partial charge in [-0.1, -0.05) is 54.6 Å². The van der Waals surface area contributed by atoms with Crippen molar-refractivity contribution in [2.24, 2.45) is 5.10 Å². The average molecular weight is 438 g/mol. The van der Waals surface area contributed by atoms with Gasteiger partial charge in [-0.25, -0.2) is 13.8 Å². The number of aromatic hydroxyl groups is 1. The summed E-state index contributed by atoms with van der Waals surface area (Å²) in [6.45, 7) is 1.74. The number of para-hydroxylation sites is 2. The van der Waals surface area contributed by atoms with E-state index in [4.69, 9.17) is 0 Å². The van der Waals surface area contributed by atoms with Crippen molar-refractivity contribution in [2.75, 3.05) is 10.6 Å². The Morgan fingerprint density at radius 2 is 1.52 bits per heavy atom. The van der Waals surface area contributed by atoms with E-state index in [1.807, 2.05) is 30.3 Å². The van der Waals surface area contributed by atoms with Gasteiger partial charge in [0.15, 0.2) is 0 Å². The molecule has 2 N–H and O–H groups in total. The van der Waals surface area contributed by atoms with E-state index >= 15 is 0 Å². The fraction of sp³-hybridized carbons (Fsp3) is 0.130. The Labute approximate surface area is 181 Å². The number of carbonyl (C=O) groups excluding carboxylic acids is 1. The number of benzene rings is 3. The third-order valence-corrected chi connectivity index (χ3v) is 5.73. The van der Waals surface area contributed by atoms with Crippen LogP contribution in [0.5, 0.6) is 5.75 Å². The molecule has 0 aromatic heterocycles. The highest BCUT2D eigenvalue weighted by Crippen LogP contribution is 2.25. The van der Waals surface area contributed by atoms with Crippen molar-refractivity contribution in [1.82, 2.24) is 5.43 Å². The maximum atomic E-state index is 12.9. The summed E-state index contributed by atoms with van der Waals surface area (Å²) >= 11 is 0. The summed E-state index contributed by atoms with van der Waals surface area (Å²) in [7, 11) is -3.67. The predicted molar refractivity (Wildman–Crippen MR) is 122 cm³/mol. The van der Waals surface area contributed by atoms with Gasteiger partial charge >= 0.3 is 0 Å². The zero-order valence-corrected chi connectivity index (χ0v) is 18.0. The first-order valence-corrected chi connectivity index (χ1v) is 11.4. The van der Waals surface area contributed by atoms with Crippen molar-refractivity contribution in [1.29, 1.82) is 0 Å². The van der Waals surface area contributed by atoms with Crippen LogP contribution in [0.15, 0.2) is 84.0 Å².